The van der Waals surface area contributed by atoms with Gasteiger partial charge in [0.2, 0.25) is 5.91 Å². The van der Waals surface area contributed by atoms with E-state index in [-0.39, 0.29) is 17.7 Å². The van der Waals surface area contributed by atoms with Crippen molar-refractivity contribution in [3.63, 3.8) is 0 Å². The number of amides is 1. The molecule has 0 radical (unpaired) electrons. The summed E-state index contributed by atoms with van der Waals surface area (Å²) in [5.74, 6) is 1.57. The summed E-state index contributed by atoms with van der Waals surface area (Å²) in [5, 5.41) is 11.4. The van der Waals surface area contributed by atoms with E-state index >= 15 is 0 Å². The van der Waals surface area contributed by atoms with E-state index in [1.807, 2.05) is 18.2 Å². The fraction of sp³-hybridized carbons (Fsp3) is 0.471. The lowest BCUT2D eigenvalue weighted by Crippen LogP contribution is -2.18. The van der Waals surface area contributed by atoms with Crippen LogP contribution in [-0.4, -0.2) is 28.7 Å². The molecule has 1 aromatic carbocycles. The summed E-state index contributed by atoms with van der Waals surface area (Å²) >= 11 is 1.56. The SMILES string of the molecule is CC(C)c1cc(C=C2SCC(=O)N2C)cc(C(C)C)c1O. The summed E-state index contributed by atoms with van der Waals surface area (Å²) in [5.41, 5.74) is 2.97. The van der Waals surface area contributed by atoms with Crippen molar-refractivity contribution >= 4 is 23.7 Å². The molecule has 4 heteroatoms. The Bertz CT molecular complexity index is 561. The lowest BCUT2D eigenvalue weighted by molar-refractivity contribution is -0.124. The quantitative estimate of drug-likeness (QED) is 0.912. The second-order valence-corrected chi connectivity index (χ2v) is 7.08. The summed E-state index contributed by atoms with van der Waals surface area (Å²) in [6.07, 6.45) is 2.03. The predicted molar refractivity (Wildman–Crippen MR) is 89.5 cm³/mol. The topological polar surface area (TPSA) is 40.5 Å². The number of phenolic OH excluding ortho intramolecular Hbond substituents is 1. The molecular weight excluding hydrogens is 282 g/mol. The van der Waals surface area contributed by atoms with E-state index in [9.17, 15) is 9.90 Å². The Morgan fingerprint density at radius 2 is 1.71 bits per heavy atom. The number of rotatable bonds is 3. The molecule has 1 amide bonds. The van der Waals surface area contributed by atoms with Gasteiger partial charge in [-0.15, -0.1) is 0 Å². The zero-order valence-electron chi connectivity index (χ0n) is 13.3. The van der Waals surface area contributed by atoms with Crippen LogP contribution in [0.2, 0.25) is 0 Å². The minimum absolute atomic E-state index is 0.137. The van der Waals surface area contributed by atoms with Gasteiger partial charge in [0.15, 0.2) is 0 Å². The van der Waals surface area contributed by atoms with Crippen LogP contribution in [0.3, 0.4) is 0 Å². The number of hydrogen-bond donors (Lipinski definition) is 1. The van der Waals surface area contributed by atoms with Gasteiger partial charge in [-0.1, -0.05) is 39.5 Å². The van der Waals surface area contributed by atoms with E-state index in [1.54, 1.807) is 23.7 Å². The Labute approximate surface area is 131 Å². The van der Waals surface area contributed by atoms with E-state index in [4.69, 9.17) is 0 Å². The molecule has 1 saturated heterocycles. The first-order valence-corrected chi connectivity index (χ1v) is 8.27. The third kappa shape index (κ3) is 3.26. The summed E-state index contributed by atoms with van der Waals surface area (Å²) in [6.45, 7) is 8.32. The normalized spacial score (nSPS) is 17.6. The van der Waals surface area contributed by atoms with Gasteiger partial charge in [-0.25, -0.2) is 0 Å². The molecule has 0 unspecified atom stereocenters. The molecule has 0 bridgehead atoms. The molecule has 1 heterocycles. The third-order valence-electron chi connectivity index (χ3n) is 3.77. The van der Waals surface area contributed by atoms with Crippen LogP contribution in [0.15, 0.2) is 17.2 Å². The van der Waals surface area contributed by atoms with E-state index in [0.717, 1.165) is 21.7 Å². The van der Waals surface area contributed by atoms with Gasteiger partial charge in [-0.3, -0.25) is 4.79 Å². The Hall–Kier alpha value is -1.42. The first-order valence-electron chi connectivity index (χ1n) is 7.29. The number of thioether (sulfide) groups is 1. The maximum Gasteiger partial charge on any atom is 0.237 e. The Kier molecular flexibility index (Phi) is 4.67. The van der Waals surface area contributed by atoms with Crippen molar-refractivity contribution < 1.29 is 9.90 Å². The van der Waals surface area contributed by atoms with Gasteiger partial charge in [0.25, 0.3) is 0 Å². The van der Waals surface area contributed by atoms with Crippen LogP contribution in [0.1, 0.15) is 56.2 Å². The van der Waals surface area contributed by atoms with Crippen LogP contribution in [0.5, 0.6) is 5.75 Å². The molecule has 0 aliphatic carbocycles. The molecule has 0 aromatic heterocycles. The number of aromatic hydroxyl groups is 1. The maximum atomic E-state index is 11.6. The van der Waals surface area contributed by atoms with Crippen molar-refractivity contribution in [2.24, 2.45) is 0 Å². The molecule has 1 fully saturated rings. The largest absolute Gasteiger partial charge is 0.507 e. The van der Waals surface area contributed by atoms with Gasteiger partial charge in [-0.05, 0) is 46.7 Å². The molecular formula is C17H23NO2S. The van der Waals surface area contributed by atoms with Crippen LogP contribution >= 0.6 is 11.8 Å². The molecule has 0 atom stereocenters. The molecule has 0 saturated carbocycles. The third-order valence-corrected chi connectivity index (χ3v) is 4.85. The smallest absolute Gasteiger partial charge is 0.237 e. The lowest BCUT2D eigenvalue weighted by atomic mass is 9.91. The van der Waals surface area contributed by atoms with Gasteiger partial charge in [0, 0.05) is 7.05 Å². The number of carbonyl (C=O) groups excluding carboxylic acids is 1. The second-order valence-electron chi connectivity index (χ2n) is 6.08. The minimum Gasteiger partial charge on any atom is -0.507 e. The monoisotopic (exact) mass is 305 g/mol. The molecule has 21 heavy (non-hydrogen) atoms. The highest BCUT2D eigenvalue weighted by atomic mass is 32.2. The van der Waals surface area contributed by atoms with Crippen LogP contribution < -0.4 is 0 Å². The van der Waals surface area contributed by atoms with E-state index in [0.29, 0.717) is 11.5 Å². The average Bonchev–Trinajstić information content (AvgIpc) is 2.71. The molecule has 1 aliphatic heterocycles. The average molecular weight is 305 g/mol. The Morgan fingerprint density at radius 3 is 2.10 bits per heavy atom. The molecule has 114 valence electrons. The molecule has 0 spiro atoms. The maximum absolute atomic E-state index is 11.6. The highest BCUT2D eigenvalue weighted by Gasteiger charge is 2.23. The van der Waals surface area contributed by atoms with Gasteiger partial charge in [-0.2, -0.15) is 0 Å². The zero-order chi connectivity index (χ0) is 15.7. The molecule has 1 aromatic rings. The molecule has 2 rings (SSSR count). The Balaban J connectivity index is 2.50. The summed E-state index contributed by atoms with van der Waals surface area (Å²) < 4.78 is 0. The van der Waals surface area contributed by atoms with E-state index in [2.05, 4.69) is 27.7 Å². The van der Waals surface area contributed by atoms with E-state index < -0.39 is 0 Å². The van der Waals surface area contributed by atoms with Crippen molar-refractivity contribution in [1.82, 2.24) is 4.90 Å². The van der Waals surface area contributed by atoms with Gasteiger partial charge in [0.05, 0.1) is 10.8 Å². The van der Waals surface area contributed by atoms with Crippen molar-refractivity contribution in [2.75, 3.05) is 12.8 Å². The highest BCUT2D eigenvalue weighted by molar-refractivity contribution is 8.04. The predicted octanol–water partition coefficient (Wildman–Crippen LogP) is 4.14. The lowest BCUT2D eigenvalue weighted by Gasteiger charge is -2.17. The van der Waals surface area contributed by atoms with E-state index in [1.165, 1.54) is 0 Å². The van der Waals surface area contributed by atoms with Crippen molar-refractivity contribution in [1.29, 1.82) is 0 Å². The fourth-order valence-corrected chi connectivity index (χ4v) is 3.38. The minimum atomic E-state index is 0.137. The van der Waals surface area contributed by atoms with Crippen LogP contribution in [0.4, 0.5) is 0 Å². The second kappa shape index (κ2) is 6.14. The van der Waals surface area contributed by atoms with Gasteiger partial charge in [0.1, 0.15) is 5.75 Å². The number of nitrogens with zero attached hydrogens (tertiary/aromatic N) is 1. The highest BCUT2D eigenvalue weighted by Crippen LogP contribution is 2.36. The number of carbonyl (C=O) groups is 1. The number of benzene rings is 1. The van der Waals surface area contributed by atoms with Crippen LogP contribution in [-0.2, 0) is 4.79 Å². The summed E-state index contributed by atoms with van der Waals surface area (Å²) in [4.78, 5) is 13.3. The number of phenols is 1. The Morgan fingerprint density at radius 1 is 1.19 bits per heavy atom. The molecule has 3 nitrogen and oxygen atoms in total. The number of hydrogen-bond acceptors (Lipinski definition) is 3. The standard InChI is InChI=1S/C17H23NO2S/c1-10(2)13-6-12(7-14(11(3)4)17(13)20)8-16-18(5)15(19)9-21-16/h6-8,10-11,20H,9H2,1-5H3. The van der Waals surface area contributed by atoms with Gasteiger partial charge < -0.3 is 10.0 Å². The fourth-order valence-electron chi connectivity index (χ4n) is 2.40. The van der Waals surface area contributed by atoms with Crippen LogP contribution in [0, 0.1) is 0 Å². The molecule has 1 N–H and O–H groups in total. The van der Waals surface area contributed by atoms with Crippen LogP contribution in [0.25, 0.3) is 6.08 Å². The summed E-state index contributed by atoms with van der Waals surface area (Å²) in [6, 6.07) is 4.05. The van der Waals surface area contributed by atoms with Crippen molar-refractivity contribution in [2.45, 2.75) is 39.5 Å². The first-order chi connectivity index (χ1) is 9.81. The van der Waals surface area contributed by atoms with Crippen molar-refractivity contribution in [3.05, 3.63) is 33.9 Å². The summed E-state index contributed by atoms with van der Waals surface area (Å²) in [7, 11) is 1.81. The van der Waals surface area contributed by atoms with Gasteiger partial charge >= 0.3 is 0 Å². The molecule has 1 aliphatic rings. The van der Waals surface area contributed by atoms with Crippen molar-refractivity contribution in [3.8, 4) is 5.75 Å². The zero-order valence-corrected chi connectivity index (χ0v) is 14.1. The first kappa shape index (κ1) is 16.0.